The lowest BCUT2D eigenvalue weighted by atomic mass is 10.2. The summed E-state index contributed by atoms with van der Waals surface area (Å²) in [5.41, 5.74) is 1.08. The molecule has 2 rings (SSSR count). The van der Waals surface area contributed by atoms with Crippen molar-refractivity contribution in [1.29, 1.82) is 0 Å². The summed E-state index contributed by atoms with van der Waals surface area (Å²) in [7, 11) is -2.76. The highest BCUT2D eigenvalue weighted by molar-refractivity contribution is 7.89. The zero-order valence-corrected chi connectivity index (χ0v) is 15.0. The van der Waals surface area contributed by atoms with Crippen LogP contribution in [-0.4, -0.2) is 34.1 Å². The largest absolute Gasteiger partial charge is 0.484 e. The lowest BCUT2D eigenvalue weighted by Crippen LogP contribution is -2.40. The van der Waals surface area contributed by atoms with Gasteiger partial charge in [-0.15, -0.1) is 0 Å². The summed E-state index contributed by atoms with van der Waals surface area (Å²) in [5, 5.41) is 5.03. The van der Waals surface area contributed by atoms with Crippen LogP contribution in [0.5, 0.6) is 5.75 Å². The van der Waals surface area contributed by atoms with E-state index in [-0.39, 0.29) is 10.6 Å². The average Bonchev–Trinajstić information content (AvgIpc) is 2.59. The fourth-order valence-corrected chi connectivity index (χ4v) is 2.66. The zero-order valence-electron chi connectivity index (χ0n) is 14.2. The molecule has 0 saturated heterocycles. The van der Waals surface area contributed by atoms with Crippen molar-refractivity contribution in [3.63, 3.8) is 0 Å². The van der Waals surface area contributed by atoms with Crippen molar-refractivity contribution in [3.8, 4) is 5.75 Å². The van der Waals surface area contributed by atoms with E-state index in [4.69, 9.17) is 9.88 Å². The molecule has 2 aromatic carbocycles. The van der Waals surface area contributed by atoms with Gasteiger partial charge in [-0.2, -0.15) is 0 Å². The molecule has 0 fully saturated rings. The average molecular weight is 378 g/mol. The molecule has 8 nitrogen and oxygen atoms in total. The van der Waals surface area contributed by atoms with Crippen LogP contribution in [0, 0.1) is 6.92 Å². The third kappa shape index (κ3) is 4.80. The Hall–Kier alpha value is -2.91. The molecule has 0 bridgehead atoms. The number of primary sulfonamides is 1. The maximum atomic E-state index is 12.4. The Balaban J connectivity index is 2.21. The van der Waals surface area contributed by atoms with E-state index in [2.05, 4.69) is 4.74 Å². The van der Waals surface area contributed by atoms with Gasteiger partial charge >= 0.3 is 6.09 Å². The second kappa shape index (κ2) is 7.98. The van der Waals surface area contributed by atoms with Crippen LogP contribution in [-0.2, 0) is 19.6 Å². The number of benzene rings is 2. The number of aryl methyl sites for hydroxylation is 1. The van der Waals surface area contributed by atoms with Crippen LogP contribution < -0.4 is 14.8 Å². The van der Waals surface area contributed by atoms with Crippen molar-refractivity contribution in [3.05, 3.63) is 54.1 Å². The monoisotopic (exact) mass is 378 g/mol. The van der Waals surface area contributed by atoms with Crippen LogP contribution >= 0.6 is 0 Å². The van der Waals surface area contributed by atoms with Gasteiger partial charge in [-0.1, -0.05) is 12.1 Å². The number of rotatable bonds is 5. The van der Waals surface area contributed by atoms with Gasteiger partial charge in [0.1, 0.15) is 5.75 Å². The summed E-state index contributed by atoms with van der Waals surface area (Å²) >= 11 is 0. The number of sulfonamides is 1. The molecule has 0 unspecified atom stereocenters. The number of hydrogen-bond acceptors (Lipinski definition) is 6. The first-order valence-corrected chi connectivity index (χ1v) is 9.00. The third-order valence-electron chi connectivity index (χ3n) is 3.38. The van der Waals surface area contributed by atoms with Gasteiger partial charge in [-0.3, -0.25) is 4.79 Å². The molecule has 26 heavy (non-hydrogen) atoms. The number of hydrogen-bond donors (Lipinski definition) is 1. The molecule has 0 aliphatic heterocycles. The van der Waals surface area contributed by atoms with E-state index in [0.717, 1.165) is 17.6 Å². The van der Waals surface area contributed by atoms with Gasteiger partial charge in [-0.05, 0) is 48.9 Å². The molecule has 2 aromatic rings. The van der Waals surface area contributed by atoms with E-state index < -0.39 is 28.6 Å². The Bertz CT molecular complexity index is 909. The number of nitrogens with two attached hydrogens (primary N) is 1. The number of ether oxygens (including phenoxy) is 2. The number of imide groups is 1. The fourth-order valence-electron chi connectivity index (χ4n) is 2.14. The first kappa shape index (κ1) is 19.4. The standard InChI is InChI=1S/C17H18N2O6S/c1-12-4-3-5-14(10-12)25-11-16(20)19(17(21)24-2)13-6-8-15(9-7-13)26(18,22)23/h3-10H,11H2,1-2H3,(H2,18,22,23). The third-order valence-corrected chi connectivity index (χ3v) is 4.31. The van der Waals surface area contributed by atoms with Crippen molar-refractivity contribution >= 4 is 27.7 Å². The minimum Gasteiger partial charge on any atom is -0.484 e. The maximum absolute atomic E-state index is 12.4. The number of carbonyl (C=O) groups excluding carboxylic acids is 2. The van der Waals surface area contributed by atoms with Crippen molar-refractivity contribution in [1.82, 2.24) is 0 Å². The lowest BCUT2D eigenvalue weighted by Gasteiger charge is -2.20. The normalized spacial score (nSPS) is 10.9. The predicted octanol–water partition coefficient (Wildman–Crippen LogP) is 1.82. The molecule has 9 heteroatoms. The van der Waals surface area contributed by atoms with Gasteiger partial charge in [0.25, 0.3) is 5.91 Å². The van der Waals surface area contributed by atoms with Crippen LogP contribution in [0.2, 0.25) is 0 Å². The summed E-state index contributed by atoms with van der Waals surface area (Å²) in [4.78, 5) is 25.0. The Morgan fingerprint density at radius 1 is 1.12 bits per heavy atom. The molecule has 0 radical (unpaired) electrons. The number of amides is 2. The van der Waals surface area contributed by atoms with Crippen LogP contribution in [0.15, 0.2) is 53.4 Å². The minimum atomic E-state index is -3.89. The molecule has 0 aliphatic rings. The maximum Gasteiger partial charge on any atom is 0.421 e. The molecule has 0 aliphatic carbocycles. The highest BCUT2D eigenvalue weighted by Crippen LogP contribution is 2.19. The first-order chi connectivity index (χ1) is 12.2. The van der Waals surface area contributed by atoms with Gasteiger partial charge in [-0.25, -0.2) is 23.3 Å². The van der Waals surface area contributed by atoms with Gasteiger partial charge in [0.2, 0.25) is 10.0 Å². The summed E-state index contributed by atoms with van der Waals surface area (Å²) in [5.74, 6) is -0.200. The van der Waals surface area contributed by atoms with E-state index in [0.29, 0.717) is 5.75 Å². The molecule has 0 aromatic heterocycles. The molecular weight excluding hydrogens is 360 g/mol. The molecular formula is C17H18N2O6S. The number of methoxy groups -OCH3 is 1. The molecule has 0 saturated carbocycles. The summed E-state index contributed by atoms with van der Waals surface area (Å²) in [6.45, 7) is 1.47. The quantitative estimate of drug-likeness (QED) is 0.848. The number of carbonyl (C=O) groups is 2. The Morgan fingerprint density at radius 3 is 2.31 bits per heavy atom. The van der Waals surface area contributed by atoms with Gasteiger partial charge in [0.15, 0.2) is 6.61 Å². The Labute approximate surface area is 151 Å². The second-order valence-electron chi connectivity index (χ2n) is 5.34. The van der Waals surface area contributed by atoms with E-state index in [1.165, 1.54) is 24.3 Å². The van der Waals surface area contributed by atoms with Gasteiger partial charge < -0.3 is 9.47 Å². The molecule has 2 amide bonds. The van der Waals surface area contributed by atoms with E-state index in [1.54, 1.807) is 18.2 Å². The molecule has 0 spiro atoms. The summed E-state index contributed by atoms with van der Waals surface area (Å²) in [6.07, 6.45) is -0.925. The summed E-state index contributed by atoms with van der Waals surface area (Å²) < 4.78 is 32.7. The van der Waals surface area contributed by atoms with E-state index in [1.807, 2.05) is 13.0 Å². The first-order valence-electron chi connectivity index (χ1n) is 7.45. The SMILES string of the molecule is COC(=O)N(C(=O)COc1cccc(C)c1)c1ccc(S(N)(=O)=O)cc1. The number of anilines is 1. The van der Waals surface area contributed by atoms with Crippen LogP contribution in [0.1, 0.15) is 5.56 Å². The molecule has 138 valence electrons. The van der Waals surface area contributed by atoms with Crippen LogP contribution in [0.3, 0.4) is 0 Å². The van der Waals surface area contributed by atoms with E-state index >= 15 is 0 Å². The molecule has 0 atom stereocenters. The van der Waals surface area contributed by atoms with Crippen molar-refractivity contribution in [2.45, 2.75) is 11.8 Å². The van der Waals surface area contributed by atoms with Crippen molar-refractivity contribution in [2.24, 2.45) is 5.14 Å². The topological polar surface area (TPSA) is 116 Å². The second-order valence-corrected chi connectivity index (χ2v) is 6.90. The van der Waals surface area contributed by atoms with Crippen molar-refractivity contribution in [2.75, 3.05) is 18.6 Å². The molecule has 0 heterocycles. The Kier molecular flexibility index (Phi) is 5.96. The highest BCUT2D eigenvalue weighted by Gasteiger charge is 2.25. The van der Waals surface area contributed by atoms with Gasteiger partial charge in [0, 0.05) is 0 Å². The predicted molar refractivity (Wildman–Crippen MR) is 94.4 cm³/mol. The van der Waals surface area contributed by atoms with Crippen molar-refractivity contribution < 1.29 is 27.5 Å². The Morgan fingerprint density at radius 2 is 1.77 bits per heavy atom. The smallest absolute Gasteiger partial charge is 0.421 e. The van der Waals surface area contributed by atoms with Crippen LogP contribution in [0.25, 0.3) is 0 Å². The van der Waals surface area contributed by atoms with E-state index in [9.17, 15) is 18.0 Å². The lowest BCUT2D eigenvalue weighted by molar-refractivity contribution is -0.120. The molecule has 2 N–H and O–H groups in total. The zero-order chi connectivity index (χ0) is 19.3. The fraction of sp³-hybridized carbons (Fsp3) is 0.176. The van der Waals surface area contributed by atoms with Gasteiger partial charge in [0.05, 0.1) is 17.7 Å². The highest BCUT2D eigenvalue weighted by atomic mass is 32.2. The minimum absolute atomic E-state index is 0.127. The number of nitrogens with zero attached hydrogens (tertiary/aromatic N) is 1. The summed E-state index contributed by atoms with van der Waals surface area (Å²) in [6, 6.07) is 12.0. The van der Waals surface area contributed by atoms with Crippen LogP contribution in [0.4, 0.5) is 10.5 Å².